The van der Waals surface area contributed by atoms with Gasteiger partial charge in [-0.2, -0.15) is 0 Å². The van der Waals surface area contributed by atoms with Crippen LogP contribution in [0.2, 0.25) is 0 Å². The van der Waals surface area contributed by atoms with Gasteiger partial charge in [-0.25, -0.2) is 4.79 Å². The first kappa shape index (κ1) is 20.7. The van der Waals surface area contributed by atoms with Crippen LogP contribution in [-0.4, -0.2) is 84.0 Å². The van der Waals surface area contributed by atoms with Gasteiger partial charge in [-0.3, -0.25) is 19.4 Å². The third-order valence-corrected chi connectivity index (χ3v) is 6.40. The molecule has 1 N–H and O–H groups in total. The minimum atomic E-state index is -0.701. The fourth-order valence-electron chi connectivity index (χ4n) is 4.59. The topological polar surface area (TPSA) is 82.2 Å². The fourth-order valence-corrected chi connectivity index (χ4v) is 4.59. The van der Waals surface area contributed by atoms with E-state index in [2.05, 4.69) is 10.2 Å². The molecule has 1 spiro atoms. The van der Waals surface area contributed by atoms with Crippen LogP contribution in [0.25, 0.3) is 0 Å². The zero-order valence-electron chi connectivity index (χ0n) is 17.3. The van der Waals surface area contributed by atoms with Gasteiger partial charge in [0.15, 0.2) is 0 Å². The average molecular weight is 415 g/mol. The summed E-state index contributed by atoms with van der Waals surface area (Å²) in [5, 5.41) is 2.86. The summed E-state index contributed by atoms with van der Waals surface area (Å²) < 4.78 is 5.74. The number of nitrogens with one attached hydrogen (secondary N) is 1. The Morgan fingerprint density at radius 3 is 2.40 bits per heavy atom. The van der Waals surface area contributed by atoms with Crippen molar-refractivity contribution in [1.82, 2.24) is 20.0 Å². The van der Waals surface area contributed by atoms with Crippen LogP contribution in [0.5, 0.6) is 5.75 Å². The van der Waals surface area contributed by atoms with Gasteiger partial charge >= 0.3 is 6.03 Å². The highest BCUT2D eigenvalue weighted by Gasteiger charge is 2.52. The lowest BCUT2D eigenvalue weighted by Gasteiger charge is -2.34. The zero-order valence-corrected chi connectivity index (χ0v) is 17.3. The van der Waals surface area contributed by atoms with Crippen LogP contribution in [0.3, 0.4) is 0 Å². The first-order chi connectivity index (χ1) is 14.6. The van der Waals surface area contributed by atoms with E-state index in [1.165, 1.54) is 4.90 Å². The smallest absolute Gasteiger partial charge is 0.325 e. The lowest BCUT2D eigenvalue weighted by atomic mass is 9.98. The molecule has 4 amide bonds. The summed E-state index contributed by atoms with van der Waals surface area (Å²) in [7, 11) is 0. The highest BCUT2D eigenvalue weighted by atomic mass is 16.5. The number of hydrogen-bond acceptors (Lipinski definition) is 5. The minimum absolute atomic E-state index is 0.00292. The van der Waals surface area contributed by atoms with E-state index in [-0.39, 0.29) is 30.8 Å². The maximum absolute atomic E-state index is 12.7. The van der Waals surface area contributed by atoms with E-state index in [0.29, 0.717) is 32.5 Å². The first-order valence-corrected chi connectivity index (χ1v) is 10.9. The number of ether oxygens (including phenoxy) is 1. The molecule has 2 saturated heterocycles. The Morgan fingerprint density at radius 1 is 1.00 bits per heavy atom. The van der Waals surface area contributed by atoms with E-state index in [9.17, 15) is 14.4 Å². The number of nitrogens with zero attached hydrogens (tertiary/aromatic N) is 3. The molecule has 0 unspecified atom stereocenters. The lowest BCUT2D eigenvalue weighted by Crippen LogP contribution is -2.50. The van der Waals surface area contributed by atoms with Crippen molar-refractivity contribution in [3.05, 3.63) is 30.3 Å². The second kappa shape index (κ2) is 9.04. The van der Waals surface area contributed by atoms with Crippen molar-refractivity contribution in [2.24, 2.45) is 0 Å². The number of rotatable bonds is 7. The predicted octanol–water partition coefficient (Wildman–Crippen LogP) is 1.46. The fraction of sp³-hybridized carbons (Fsp3) is 0.591. The van der Waals surface area contributed by atoms with Gasteiger partial charge in [0.1, 0.15) is 17.9 Å². The van der Waals surface area contributed by atoms with E-state index >= 15 is 0 Å². The molecule has 2 heterocycles. The molecular formula is C22H30N4O4. The summed E-state index contributed by atoms with van der Waals surface area (Å²) in [6.07, 6.45) is 3.52. The molecule has 1 aromatic carbocycles. The van der Waals surface area contributed by atoms with Crippen molar-refractivity contribution in [3.8, 4) is 5.75 Å². The second-order valence-corrected chi connectivity index (χ2v) is 8.31. The number of amides is 4. The molecule has 2 aliphatic heterocycles. The highest BCUT2D eigenvalue weighted by Crippen LogP contribution is 2.35. The zero-order chi connectivity index (χ0) is 21.0. The summed E-state index contributed by atoms with van der Waals surface area (Å²) >= 11 is 0. The van der Waals surface area contributed by atoms with Crippen LogP contribution >= 0.6 is 0 Å². The number of carbonyl (C=O) groups excluding carboxylic acids is 3. The second-order valence-electron chi connectivity index (χ2n) is 8.31. The number of para-hydroxylation sites is 1. The Hall–Kier alpha value is -2.61. The number of urea groups is 1. The summed E-state index contributed by atoms with van der Waals surface area (Å²) in [4.78, 5) is 42.9. The largest absolute Gasteiger partial charge is 0.492 e. The van der Waals surface area contributed by atoms with Gasteiger partial charge in [-0.05, 0) is 25.0 Å². The molecule has 0 bridgehead atoms. The number of imide groups is 1. The number of benzene rings is 1. The molecule has 162 valence electrons. The lowest BCUT2D eigenvalue weighted by molar-refractivity contribution is -0.134. The average Bonchev–Trinajstić information content (AvgIpc) is 3.32. The molecule has 30 heavy (non-hydrogen) atoms. The summed E-state index contributed by atoms with van der Waals surface area (Å²) in [5.74, 6) is 0.718. The third kappa shape index (κ3) is 4.43. The first-order valence-electron chi connectivity index (χ1n) is 10.9. The Labute approximate surface area is 177 Å². The van der Waals surface area contributed by atoms with E-state index in [1.807, 2.05) is 35.2 Å². The minimum Gasteiger partial charge on any atom is -0.492 e. The molecule has 1 saturated carbocycles. The molecule has 1 aromatic rings. The standard InChI is InChI=1S/C22H30N4O4/c27-19(8-11-26-20(28)22(23-21(26)29)9-4-5-10-22)25-14-12-24(13-15-25)16-17-30-18-6-2-1-3-7-18/h1-3,6-7H,4-5,8-17H2,(H,23,29). The van der Waals surface area contributed by atoms with Crippen molar-refractivity contribution in [3.63, 3.8) is 0 Å². The van der Waals surface area contributed by atoms with Crippen LogP contribution < -0.4 is 10.1 Å². The highest BCUT2D eigenvalue weighted by molar-refractivity contribution is 6.07. The molecule has 0 atom stereocenters. The number of hydrogen-bond donors (Lipinski definition) is 1. The molecule has 8 nitrogen and oxygen atoms in total. The Kier molecular flexibility index (Phi) is 6.22. The Bertz CT molecular complexity index is 771. The summed E-state index contributed by atoms with van der Waals surface area (Å²) in [6, 6.07) is 9.40. The maximum Gasteiger partial charge on any atom is 0.325 e. The predicted molar refractivity (Wildman–Crippen MR) is 111 cm³/mol. The van der Waals surface area contributed by atoms with Gasteiger partial charge in [0.2, 0.25) is 5.91 Å². The van der Waals surface area contributed by atoms with Gasteiger partial charge in [0.25, 0.3) is 5.91 Å². The number of carbonyl (C=O) groups is 3. The van der Waals surface area contributed by atoms with E-state index in [1.54, 1.807) is 0 Å². The van der Waals surface area contributed by atoms with Crippen LogP contribution in [0.1, 0.15) is 32.1 Å². The molecule has 0 radical (unpaired) electrons. The van der Waals surface area contributed by atoms with Crippen LogP contribution in [0, 0.1) is 0 Å². The molecule has 1 aliphatic carbocycles. The van der Waals surface area contributed by atoms with Gasteiger partial charge in [-0.15, -0.1) is 0 Å². The van der Waals surface area contributed by atoms with Gasteiger partial charge in [-0.1, -0.05) is 31.0 Å². The van der Waals surface area contributed by atoms with E-state index in [4.69, 9.17) is 4.74 Å². The molecule has 3 fully saturated rings. The number of piperazine rings is 1. The Balaban J connectivity index is 1.17. The summed E-state index contributed by atoms with van der Waals surface area (Å²) in [5.41, 5.74) is -0.701. The third-order valence-electron chi connectivity index (χ3n) is 6.40. The van der Waals surface area contributed by atoms with Crippen LogP contribution in [-0.2, 0) is 9.59 Å². The van der Waals surface area contributed by atoms with Crippen molar-refractivity contribution >= 4 is 17.8 Å². The molecular weight excluding hydrogens is 384 g/mol. The SMILES string of the molecule is O=C(CCN1C(=O)NC2(CCCC2)C1=O)N1CCN(CCOc2ccccc2)CC1. The maximum atomic E-state index is 12.7. The molecule has 0 aromatic heterocycles. The van der Waals surface area contributed by atoms with Crippen molar-refractivity contribution in [1.29, 1.82) is 0 Å². The van der Waals surface area contributed by atoms with Gasteiger partial charge in [0, 0.05) is 45.7 Å². The van der Waals surface area contributed by atoms with Gasteiger partial charge < -0.3 is 15.0 Å². The van der Waals surface area contributed by atoms with E-state index < -0.39 is 5.54 Å². The van der Waals surface area contributed by atoms with Crippen molar-refractivity contribution < 1.29 is 19.1 Å². The van der Waals surface area contributed by atoms with Crippen LogP contribution in [0.4, 0.5) is 4.79 Å². The quantitative estimate of drug-likeness (QED) is 0.683. The summed E-state index contributed by atoms with van der Waals surface area (Å²) in [6.45, 7) is 4.53. The van der Waals surface area contributed by atoms with Gasteiger partial charge in [0.05, 0.1) is 0 Å². The monoisotopic (exact) mass is 414 g/mol. The Morgan fingerprint density at radius 2 is 1.70 bits per heavy atom. The molecule has 3 aliphatic rings. The van der Waals surface area contributed by atoms with Crippen molar-refractivity contribution in [2.45, 2.75) is 37.6 Å². The van der Waals surface area contributed by atoms with Crippen LogP contribution in [0.15, 0.2) is 30.3 Å². The van der Waals surface area contributed by atoms with Crippen molar-refractivity contribution in [2.75, 3.05) is 45.9 Å². The van der Waals surface area contributed by atoms with E-state index in [0.717, 1.165) is 38.2 Å². The normalized spacial score (nSPS) is 21.3. The molecule has 4 rings (SSSR count). The molecule has 8 heteroatoms.